The van der Waals surface area contributed by atoms with Crippen LogP contribution in [-0.2, 0) is 77.4 Å². The minimum Gasteiger partial charge on any atom is -0.481 e. The number of esters is 3. The summed E-state index contributed by atoms with van der Waals surface area (Å²) in [4.78, 5) is 135. The summed E-state index contributed by atoms with van der Waals surface area (Å²) in [6.07, 6.45) is 28.4. The van der Waals surface area contributed by atoms with E-state index in [1.54, 1.807) is 55.8 Å². The molecule has 2 unspecified atom stereocenters. The number of aromatic nitrogens is 18. The van der Waals surface area contributed by atoms with Crippen LogP contribution in [0.15, 0.2) is 108 Å². The number of carboxylic acids is 3. The number of hydrogen-bond donors (Lipinski definition) is 7. The topological polar surface area (TPSA) is 516 Å². The van der Waals surface area contributed by atoms with E-state index in [2.05, 4.69) is 76.4 Å². The first kappa shape index (κ1) is 102. The first-order valence-corrected chi connectivity index (χ1v) is 48.6. The highest BCUT2D eigenvalue weighted by atomic mass is 32.1. The first-order chi connectivity index (χ1) is 68.0. The van der Waals surface area contributed by atoms with Gasteiger partial charge in [0.15, 0.2) is 37.6 Å². The van der Waals surface area contributed by atoms with Gasteiger partial charge in [-0.2, -0.15) is 43.8 Å². The molecular weight excluding hydrogens is 1910 g/mol. The number of rotatable bonds is 34. The molecule has 5 aliphatic carbocycles. The third-order valence-electron chi connectivity index (χ3n) is 24.7. The molecule has 12 aromatic rings. The van der Waals surface area contributed by atoms with Gasteiger partial charge in [-0.25, -0.2) is 57.1 Å². The van der Waals surface area contributed by atoms with Crippen molar-refractivity contribution in [2.24, 2.45) is 29.4 Å². The minimum absolute atomic E-state index is 0.00135. The zero-order valence-electron chi connectivity index (χ0n) is 76.4. The van der Waals surface area contributed by atoms with Crippen molar-refractivity contribution < 1.29 is 113 Å². The van der Waals surface area contributed by atoms with E-state index in [1.807, 2.05) is 20.8 Å². The van der Waals surface area contributed by atoms with E-state index in [0.29, 0.717) is 77.2 Å². The number of pyridine rings is 3. The predicted octanol–water partition coefficient (Wildman–Crippen LogP) is 15.0. The van der Waals surface area contributed by atoms with Gasteiger partial charge in [0.25, 0.3) is 17.7 Å². The average molecular weight is 2010 g/mol. The van der Waals surface area contributed by atoms with Crippen LogP contribution in [0.5, 0.6) is 0 Å². The molecule has 40 nitrogen and oxygen atoms in total. The Morgan fingerprint density at radius 1 is 0.397 bits per heavy atom. The molecule has 12 aromatic heterocycles. The van der Waals surface area contributed by atoms with Crippen LogP contribution in [0.3, 0.4) is 0 Å². The minimum atomic E-state index is -1.37. The Hall–Kier alpha value is -13.8. The second kappa shape index (κ2) is 47.0. The Morgan fingerprint density at radius 2 is 0.695 bits per heavy atom. The van der Waals surface area contributed by atoms with Gasteiger partial charge in [-0.3, -0.25) is 57.2 Å². The summed E-state index contributed by atoms with van der Waals surface area (Å²) in [6.45, 7) is 7.07. The fourth-order valence-corrected chi connectivity index (χ4v) is 19.8. The van der Waals surface area contributed by atoms with Gasteiger partial charge in [-0.05, 0) is 160 Å². The van der Waals surface area contributed by atoms with Crippen LogP contribution in [0.1, 0.15) is 205 Å². The van der Waals surface area contributed by atoms with E-state index in [4.69, 9.17) is 39.3 Å². The molecule has 5 saturated carbocycles. The van der Waals surface area contributed by atoms with Crippen molar-refractivity contribution in [1.29, 1.82) is 0 Å². The lowest BCUT2D eigenvalue weighted by molar-refractivity contribution is -0.162. The normalized spacial score (nSPS) is 19.9. The Labute approximate surface area is 812 Å². The second-order valence-electron chi connectivity index (χ2n) is 34.1. The van der Waals surface area contributed by atoms with Crippen molar-refractivity contribution in [2.75, 3.05) is 35.8 Å². The molecule has 5 aliphatic rings. The molecule has 0 bridgehead atoms. The number of nitrogens with one attached hydrogen (secondary N) is 3. The highest BCUT2D eigenvalue weighted by Crippen LogP contribution is 2.42. The van der Waals surface area contributed by atoms with Gasteiger partial charge in [0.1, 0.15) is 72.3 Å². The third kappa shape index (κ3) is 25.7. The van der Waals surface area contributed by atoms with Crippen molar-refractivity contribution in [3.05, 3.63) is 161 Å². The number of halogens is 6. The highest BCUT2D eigenvalue weighted by Gasteiger charge is 2.40. The van der Waals surface area contributed by atoms with E-state index in [1.165, 1.54) is 66.9 Å². The van der Waals surface area contributed by atoms with E-state index in [0.717, 1.165) is 150 Å². The number of carboxylic acid groups (broad SMARTS) is 3. The molecule has 141 heavy (non-hydrogen) atoms. The maximum Gasteiger partial charge on any atom is 0.321 e. The lowest BCUT2D eigenvalue weighted by atomic mass is 9.79. The molecule has 8 N–H and O–H groups in total. The molecule has 5 atom stereocenters. The van der Waals surface area contributed by atoms with E-state index >= 15 is 0 Å². The number of carbonyl (C=O) groups excluding carboxylic acids is 6. The number of carbonyl (C=O) groups is 9. The predicted molar refractivity (Wildman–Crippen MR) is 493 cm³/mol. The van der Waals surface area contributed by atoms with Gasteiger partial charge >= 0.3 is 35.8 Å². The van der Waals surface area contributed by atoms with Crippen LogP contribution in [0.4, 0.5) is 43.4 Å². The van der Waals surface area contributed by atoms with Gasteiger partial charge in [0, 0.05) is 89.8 Å². The molecule has 5 fully saturated rings. The molecule has 49 heteroatoms. The van der Waals surface area contributed by atoms with Crippen LogP contribution >= 0.6 is 34.0 Å². The van der Waals surface area contributed by atoms with Crippen molar-refractivity contribution in [1.82, 2.24) is 88.6 Å². The van der Waals surface area contributed by atoms with Crippen molar-refractivity contribution in [2.45, 2.75) is 218 Å². The quantitative estimate of drug-likeness (QED) is 0.00852. The largest absolute Gasteiger partial charge is 0.481 e. The Balaban J connectivity index is 0.000000160. The summed E-state index contributed by atoms with van der Waals surface area (Å²) in [5.74, 6) is -14.9. The first-order valence-electron chi connectivity index (χ1n) is 45.9. The molecule has 0 saturated heterocycles. The third-order valence-corrected chi connectivity index (χ3v) is 27.3. The number of aliphatic carboxylic acids is 3. The fraction of sp³-hybridized carbons (Fsp3) is 0.446. The van der Waals surface area contributed by atoms with Crippen molar-refractivity contribution in [3.63, 3.8) is 0 Å². The molecule has 0 aromatic carbocycles. The SMILES string of the molecule is CCOC1CCC(n2cc(NC(=O)c3csc(-c4cnn(COC(=O)C5CCCCC5C(=O)O)c4)n3)c(-c3nc(F)ccc3F)n2)CC1.CCOC1CCC(n2cc(NC(=O)c3csc(-c4cnn(COC(=O)C[C@H](N)C(=O)O)c4)n3)c(-c3nc(F)ccc3F)n2)CC1.CCOC1CCC(n2cc(NC(=O)c3csc(-c4cnn(COC(=O)[C@@H]5CCCC[C@@H]5C(=O)O)c4)n3)c(-c3nc(F)ccc3F)n2)CC1. The zero-order chi connectivity index (χ0) is 99.7. The zero-order valence-corrected chi connectivity index (χ0v) is 78.9. The molecule has 12 heterocycles. The number of amides is 3. The molecule has 0 radical (unpaired) electrons. The van der Waals surface area contributed by atoms with Crippen LogP contribution in [-0.4, -0.2) is 202 Å². The molecule has 0 spiro atoms. The number of anilines is 3. The maximum atomic E-state index is 14.8. The van der Waals surface area contributed by atoms with Crippen LogP contribution in [0, 0.1) is 59.0 Å². The number of nitrogens with two attached hydrogens (primary N) is 1. The number of thiazole rings is 3. The molecule has 746 valence electrons. The average Bonchev–Trinajstić information content (AvgIpc) is 1.65. The fourth-order valence-electron chi connectivity index (χ4n) is 17.5. The Bertz CT molecular complexity index is 6190. The van der Waals surface area contributed by atoms with Gasteiger partial charge < -0.3 is 65.4 Å². The Kier molecular flexibility index (Phi) is 33.9. The van der Waals surface area contributed by atoms with Gasteiger partial charge in [-0.1, -0.05) is 25.7 Å². The lowest BCUT2D eigenvalue weighted by Gasteiger charge is -2.28. The molecule has 3 amide bonds. The number of nitrogens with zero attached hydrogens (tertiary/aromatic N) is 18. The van der Waals surface area contributed by atoms with E-state index in [9.17, 15) is 79.7 Å². The van der Waals surface area contributed by atoms with Crippen molar-refractivity contribution in [3.8, 4) is 65.9 Å². The summed E-state index contributed by atoms with van der Waals surface area (Å²) >= 11 is 3.54. The van der Waals surface area contributed by atoms with Crippen LogP contribution in [0.25, 0.3) is 65.9 Å². The molecular formula is C92H100F6N22O18S3. The highest BCUT2D eigenvalue weighted by molar-refractivity contribution is 7.14. The summed E-state index contributed by atoms with van der Waals surface area (Å²) < 4.78 is 129. The summed E-state index contributed by atoms with van der Waals surface area (Å²) in [6, 6.07) is 4.17. The lowest BCUT2D eigenvalue weighted by Crippen LogP contribution is -2.34. The van der Waals surface area contributed by atoms with Gasteiger partial charge in [0.05, 0.1) is 102 Å². The summed E-state index contributed by atoms with van der Waals surface area (Å²) in [7, 11) is 0. The molecule has 17 rings (SSSR count). The maximum absolute atomic E-state index is 14.8. The second-order valence-corrected chi connectivity index (χ2v) is 36.7. The smallest absolute Gasteiger partial charge is 0.321 e. The number of ether oxygens (including phenoxy) is 6. The van der Waals surface area contributed by atoms with Gasteiger partial charge in [-0.15, -0.1) is 34.0 Å². The number of hydrogen-bond acceptors (Lipinski definition) is 31. The van der Waals surface area contributed by atoms with Crippen LogP contribution < -0.4 is 21.7 Å². The van der Waals surface area contributed by atoms with Crippen molar-refractivity contribution >= 4 is 105 Å². The van der Waals surface area contributed by atoms with Gasteiger partial charge in [0.2, 0.25) is 17.8 Å². The molecule has 0 aliphatic heterocycles. The summed E-state index contributed by atoms with van der Waals surface area (Å²) in [5, 5.41) is 68.1. The van der Waals surface area contributed by atoms with E-state index in [-0.39, 0.29) is 125 Å². The standard InChI is InChI=1S/2C32H35F2N7O6S.C28H30F2N8O6S/c2*1-2-46-20-9-7-19(8-10-20)41-15-24(28(39-41)27-23(33)11-12-26(34)38-27)36-29(42)25-16-48-30(37-25)18-13-35-40(14-18)17-47-32(45)22-6-4-3-5-21(22)31(43)44;1-2-43-17-5-3-16(4-6-17)38-12-20(25(36-38)24-18(29)7-8-22(30)35-24)33-26(40)21-13-45-27(34-21)15-10-32-37(11-15)14-44-23(39)9-19(31)28(41)42/h2*11-16,19-22H,2-10,17H2,1H3,(H,36,42)(H,43,44);7-8,10-13,16-17,19H,2-6,9,14,31H2,1H3,(H,33,40)(H,41,42)/t19?,20?,21-,22+;;16?,17?,19-/m0.0/s1. The monoisotopic (exact) mass is 2010 g/mol. The summed E-state index contributed by atoms with van der Waals surface area (Å²) in [5.41, 5.74) is 6.71. The van der Waals surface area contributed by atoms with Crippen LogP contribution in [0.2, 0.25) is 0 Å². The van der Waals surface area contributed by atoms with E-state index < -0.39 is 125 Å². The Morgan fingerprint density at radius 3 is 0.986 bits per heavy atom.